The number of carbonyl (C=O) groups is 1. The average molecular weight is 318 g/mol. The fraction of sp³-hybridized carbons (Fsp3) is 0.611. The van der Waals surface area contributed by atoms with E-state index in [2.05, 4.69) is 30.1 Å². The number of nitrogens with one attached hydrogen (secondary N) is 1. The molecule has 0 saturated carbocycles. The van der Waals surface area contributed by atoms with Crippen molar-refractivity contribution in [3.8, 4) is 5.75 Å². The van der Waals surface area contributed by atoms with Crippen molar-refractivity contribution in [1.29, 1.82) is 0 Å². The van der Waals surface area contributed by atoms with Crippen LogP contribution in [-0.2, 0) is 22.5 Å². The van der Waals surface area contributed by atoms with Gasteiger partial charge in [-0.3, -0.25) is 9.69 Å². The molecule has 3 rings (SSSR count). The largest absolute Gasteiger partial charge is 0.487 e. The molecule has 0 bridgehead atoms. The molecular formula is C18H26N2O3. The van der Waals surface area contributed by atoms with E-state index >= 15 is 0 Å². The van der Waals surface area contributed by atoms with Gasteiger partial charge < -0.3 is 14.8 Å². The van der Waals surface area contributed by atoms with Gasteiger partial charge in [-0.2, -0.15) is 0 Å². The Labute approximate surface area is 137 Å². The van der Waals surface area contributed by atoms with E-state index in [0.717, 1.165) is 30.8 Å². The highest BCUT2D eigenvalue weighted by atomic mass is 16.5. The fourth-order valence-electron chi connectivity index (χ4n) is 3.24. The first kappa shape index (κ1) is 16.3. The lowest BCUT2D eigenvalue weighted by molar-refractivity contribution is -0.127. The van der Waals surface area contributed by atoms with Crippen LogP contribution in [0.15, 0.2) is 18.2 Å². The first-order chi connectivity index (χ1) is 10.9. The molecule has 0 aromatic heterocycles. The Hall–Kier alpha value is -1.59. The monoisotopic (exact) mass is 318 g/mol. The third kappa shape index (κ3) is 3.85. The van der Waals surface area contributed by atoms with Gasteiger partial charge >= 0.3 is 0 Å². The minimum Gasteiger partial charge on any atom is -0.487 e. The first-order valence-electron chi connectivity index (χ1n) is 8.35. The predicted octanol–water partition coefficient (Wildman–Crippen LogP) is 1.74. The molecule has 2 heterocycles. The molecule has 1 aromatic rings. The van der Waals surface area contributed by atoms with Crippen LogP contribution in [0, 0.1) is 0 Å². The van der Waals surface area contributed by atoms with Crippen LogP contribution in [0.2, 0.25) is 0 Å². The number of carbonyl (C=O) groups excluding carboxylic acids is 1. The Kier molecular flexibility index (Phi) is 4.60. The number of nitrogens with zero attached hydrogens (tertiary/aromatic N) is 1. The quantitative estimate of drug-likeness (QED) is 0.919. The van der Waals surface area contributed by atoms with Gasteiger partial charge in [0, 0.05) is 26.1 Å². The highest BCUT2D eigenvalue weighted by Gasteiger charge is 2.30. The number of hydrogen-bond acceptors (Lipinski definition) is 4. The number of fused-ring (bicyclic) bond motifs is 1. The molecule has 2 aliphatic heterocycles. The van der Waals surface area contributed by atoms with Crippen molar-refractivity contribution in [3.05, 3.63) is 29.3 Å². The third-order valence-corrected chi connectivity index (χ3v) is 4.57. The minimum atomic E-state index is -0.130. The van der Waals surface area contributed by atoms with Crippen molar-refractivity contribution < 1.29 is 14.3 Å². The maximum atomic E-state index is 12.3. The molecule has 1 fully saturated rings. The highest BCUT2D eigenvalue weighted by Crippen LogP contribution is 2.35. The second-order valence-corrected chi connectivity index (χ2v) is 7.02. The second kappa shape index (κ2) is 6.49. The second-order valence-electron chi connectivity index (χ2n) is 7.02. The van der Waals surface area contributed by atoms with E-state index in [1.165, 1.54) is 5.56 Å². The molecule has 0 radical (unpaired) electrons. The third-order valence-electron chi connectivity index (χ3n) is 4.57. The molecular weight excluding hydrogens is 292 g/mol. The van der Waals surface area contributed by atoms with E-state index in [4.69, 9.17) is 9.47 Å². The van der Waals surface area contributed by atoms with Crippen LogP contribution in [0.1, 0.15) is 31.9 Å². The van der Waals surface area contributed by atoms with Crippen LogP contribution in [0.25, 0.3) is 0 Å². The standard InChI is InChI=1S/C18H26N2O3/c1-13(20-6-8-22-9-7-20)17(21)19-12-14-4-5-16-15(10-14)11-18(2,3)23-16/h4-5,10,13H,6-9,11-12H2,1-3H3,(H,19,21)/t13-/m0/s1. The van der Waals surface area contributed by atoms with Crippen LogP contribution in [0.3, 0.4) is 0 Å². The van der Waals surface area contributed by atoms with Gasteiger partial charge in [0.2, 0.25) is 5.91 Å². The van der Waals surface area contributed by atoms with Crippen LogP contribution in [0.4, 0.5) is 0 Å². The summed E-state index contributed by atoms with van der Waals surface area (Å²) in [6.07, 6.45) is 0.911. The topological polar surface area (TPSA) is 50.8 Å². The number of amides is 1. The molecule has 23 heavy (non-hydrogen) atoms. The fourth-order valence-corrected chi connectivity index (χ4v) is 3.24. The van der Waals surface area contributed by atoms with Crippen LogP contribution in [0.5, 0.6) is 5.75 Å². The molecule has 1 amide bonds. The Morgan fingerprint density at radius 1 is 1.35 bits per heavy atom. The number of rotatable bonds is 4. The molecule has 0 unspecified atom stereocenters. The van der Waals surface area contributed by atoms with Gasteiger partial charge in [-0.15, -0.1) is 0 Å². The lowest BCUT2D eigenvalue weighted by Crippen LogP contribution is -2.49. The van der Waals surface area contributed by atoms with Crippen LogP contribution < -0.4 is 10.1 Å². The van der Waals surface area contributed by atoms with Gasteiger partial charge in [0.25, 0.3) is 0 Å². The summed E-state index contributed by atoms with van der Waals surface area (Å²) in [6.45, 7) is 9.76. The summed E-state index contributed by atoms with van der Waals surface area (Å²) in [7, 11) is 0. The Bertz CT molecular complexity index is 580. The number of ether oxygens (including phenoxy) is 2. The summed E-state index contributed by atoms with van der Waals surface area (Å²) in [6, 6.07) is 6.07. The van der Waals surface area contributed by atoms with Gasteiger partial charge in [0.05, 0.1) is 19.3 Å². The van der Waals surface area contributed by atoms with E-state index in [9.17, 15) is 4.79 Å². The maximum absolute atomic E-state index is 12.3. The Morgan fingerprint density at radius 2 is 2.09 bits per heavy atom. The molecule has 1 saturated heterocycles. The smallest absolute Gasteiger partial charge is 0.237 e. The molecule has 2 aliphatic rings. The molecule has 5 heteroatoms. The number of benzene rings is 1. The SMILES string of the molecule is C[C@@H](C(=O)NCc1ccc2c(c1)CC(C)(C)O2)N1CCOCC1. The van der Waals surface area contributed by atoms with Gasteiger partial charge in [-0.05, 0) is 38.0 Å². The van der Waals surface area contributed by atoms with Gasteiger partial charge in [-0.25, -0.2) is 0 Å². The number of morpholine rings is 1. The van der Waals surface area contributed by atoms with E-state index in [1.807, 2.05) is 19.1 Å². The van der Waals surface area contributed by atoms with Crippen LogP contribution >= 0.6 is 0 Å². The summed E-state index contributed by atoms with van der Waals surface area (Å²) in [5.41, 5.74) is 2.21. The molecule has 1 aromatic carbocycles. The first-order valence-corrected chi connectivity index (χ1v) is 8.35. The predicted molar refractivity (Wildman–Crippen MR) is 88.6 cm³/mol. The van der Waals surface area contributed by atoms with Crippen LogP contribution in [-0.4, -0.2) is 48.8 Å². The zero-order valence-electron chi connectivity index (χ0n) is 14.2. The van der Waals surface area contributed by atoms with E-state index in [-0.39, 0.29) is 17.6 Å². The Balaban J connectivity index is 1.55. The summed E-state index contributed by atoms with van der Waals surface area (Å²) in [5, 5.41) is 3.05. The average Bonchev–Trinajstić information content (AvgIpc) is 2.85. The van der Waals surface area contributed by atoms with Gasteiger partial charge in [0.15, 0.2) is 0 Å². The summed E-state index contributed by atoms with van der Waals surface area (Å²) in [5.74, 6) is 1.04. The van der Waals surface area contributed by atoms with E-state index < -0.39 is 0 Å². The van der Waals surface area contributed by atoms with Gasteiger partial charge in [-0.1, -0.05) is 12.1 Å². The lowest BCUT2D eigenvalue weighted by Gasteiger charge is -2.31. The Morgan fingerprint density at radius 3 is 2.83 bits per heavy atom. The normalized spacial score (nSPS) is 21.3. The summed E-state index contributed by atoms with van der Waals surface area (Å²) in [4.78, 5) is 14.5. The molecule has 5 nitrogen and oxygen atoms in total. The highest BCUT2D eigenvalue weighted by molar-refractivity contribution is 5.81. The molecule has 0 spiro atoms. The maximum Gasteiger partial charge on any atom is 0.237 e. The molecule has 1 atom stereocenters. The number of hydrogen-bond donors (Lipinski definition) is 1. The van der Waals surface area contributed by atoms with Crippen molar-refractivity contribution in [3.63, 3.8) is 0 Å². The summed E-state index contributed by atoms with van der Waals surface area (Å²) < 4.78 is 11.2. The van der Waals surface area contributed by atoms with Crippen molar-refractivity contribution in [1.82, 2.24) is 10.2 Å². The van der Waals surface area contributed by atoms with E-state index in [0.29, 0.717) is 19.8 Å². The van der Waals surface area contributed by atoms with Crippen molar-refractivity contribution in [2.24, 2.45) is 0 Å². The zero-order valence-corrected chi connectivity index (χ0v) is 14.2. The van der Waals surface area contributed by atoms with Crippen molar-refractivity contribution in [2.75, 3.05) is 26.3 Å². The molecule has 1 N–H and O–H groups in total. The van der Waals surface area contributed by atoms with E-state index in [1.54, 1.807) is 0 Å². The molecule has 0 aliphatic carbocycles. The van der Waals surface area contributed by atoms with Crippen molar-refractivity contribution >= 4 is 5.91 Å². The van der Waals surface area contributed by atoms with Gasteiger partial charge in [0.1, 0.15) is 11.4 Å². The zero-order chi connectivity index (χ0) is 16.4. The summed E-state index contributed by atoms with van der Waals surface area (Å²) >= 11 is 0. The van der Waals surface area contributed by atoms with Crippen molar-refractivity contribution in [2.45, 2.75) is 45.4 Å². The lowest BCUT2D eigenvalue weighted by atomic mass is 10.0. The minimum absolute atomic E-state index is 0.0731. The molecule has 126 valence electrons.